The molecule has 21 heavy (non-hydrogen) atoms. The maximum absolute atomic E-state index is 12.3. The average molecular weight is 286 g/mol. The van der Waals surface area contributed by atoms with Crippen molar-refractivity contribution in [2.45, 2.75) is 50.7 Å². The van der Waals surface area contributed by atoms with Gasteiger partial charge in [-0.15, -0.1) is 0 Å². The Kier molecular flexibility index (Phi) is 3.73. The zero-order valence-corrected chi connectivity index (χ0v) is 12.5. The lowest BCUT2D eigenvalue weighted by Gasteiger charge is -2.35. The summed E-state index contributed by atoms with van der Waals surface area (Å²) in [6.45, 7) is 4.29. The molecule has 1 aliphatic heterocycles. The number of hydrogen-bond acceptors (Lipinski definition) is 3. The molecule has 1 aromatic rings. The van der Waals surface area contributed by atoms with Crippen LogP contribution in [0.5, 0.6) is 0 Å². The zero-order chi connectivity index (χ0) is 14.9. The largest absolute Gasteiger partial charge is 0.349 e. The van der Waals surface area contributed by atoms with Crippen LogP contribution >= 0.6 is 0 Å². The lowest BCUT2D eigenvalue weighted by molar-refractivity contribution is -0.124. The van der Waals surface area contributed by atoms with E-state index in [1.165, 1.54) is 5.69 Å². The van der Waals surface area contributed by atoms with Gasteiger partial charge in [-0.05, 0) is 44.7 Å². The van der Waals surface area contributed by atoms with Crippen LogP contribution in [0.25, 0.3) is 0 Å². The van der Waals surface area contributed by atoms with Crippen molar-refractivity contribution in [2.24, 2.45) is 0 Å². The molecule has 0 aromatic carbocycles. The maximum Gasteiger partial charge on any atom is 0.235 e. The molecule has 0 radical (unpaired) electrons. The highest BCUT2D eigenvalue weighted by Crippen LogP contribution is 2.29. The summed E-state index contributed by atoms with van der Waals surface area (Å²) in [5, 5.41) is 12.3. The van der Waals surface area contributed by atoms with Crippen LogP contribution in [-0.2, 0) is 11.3 Å². The maximum atomic E-state index is 12.3. The lowest BCUT2D eigenvalue weighted by Crippen LogP contribution is -2.50. The standard InChI is InChI=1S/C16H22N4O/c1-13-14-5-4-8-19(14)9-10-20(13)11-15(21)18-16(12-17)6-2-3-7-16/h4-5,8,13H,2-3,6-7,9-11H2,1H3,(H,18,21)/t13-/m1/s1. The van der Waals surface area contributed by atoms with Crippen molar-refractivity contribution >= 4 is 5.91 Å². The Morgan fingerprint density at radius 3 is 2.95 bits per heavy atom. The number of nitrogens with one attached hydrogen (secondary N) is 1. The minimum absolute atomic E-state index is 0.0229. The van der Waals surface area contributed by atoms with E-state index >= 15 is 0 Å². The number of carbonyl (C=O) groups excluding carboxylic acids is 1. The van der Waals surface area contributed by atoms with E-state index in [9.17, 15) is 10.1 Å². The van der Waals surface area contributed by atoms with Gasteiger partial charge in [0, 0.05) is 31.0 Å². The second-order valence-electron chi connectivity index (χ2n) is 6.22. The molecule has 1 aliphatic carbocycles. The van der Waals surface area contributed by atoms with E-state index in [1.54, 1.807) is 0 Å². The van der Waals surface area contributed by atoms with Crippen molar-refractivity contribution in [3.63, 3.8) is 0 Å². The predicted octanol–water partition coefficient (Wildman–Crippen LogP) is 1.82. The minimum atomic E-state index is -0.615. The van der Waals surface area contributed by atoms with E-state index in [1.807, 2.05) is 0 Å². The number of aromatic nitrogens is 1. The van der Waals surface area contributed by atoms with Crippen molar-refractivity contribution in [1.29, 1.82) is 5.26 Å². The van der Waals surface area contributed by atoms with Crippen LogP contribution < -0.4 is 5.32 Å². The Morgan fingerprint density at radius 1 is 1.48 bits per heavy atom. The highest BCUT2D eigenvalue weighted by Gasteiger charge is 2.36. The van der Waals surface area contributed by atoms with Crippen LogP contribution in [0, 0.1) is 11.3 Å². The number of hydrogen-bond donors (Lipinski definition) is 1. The van der Waals surface area contributed by atoms with Gasteiger partial charge in [0.1, 0.15) is 5.54 Å². The Bertz CT molecular complexity index is 565. The van der Waals surface area contributed by atoms with E-state index in [0.29, 0.717) is 6.54 Å². The smallest absolute Gasteiger partial charge is 0.235 e. The third-order valence-corrected chi connectivity index (χ3v) is 4.87. The van der Waals surface area contributed by atoms with E-state index in [-0.39, 0.29) is 11.9 Å². The summed E-state index contributed by atoms with van der Waals surface area (Å²) in [5.41, 5.74) is 0.640. The molecular weight excluding hydrogens is 264 g/mol. The lowest BCUT2D eigenvalue weighted by atomic mass is 10.00. The number of rotatable bonds is 3. The first kappa shape index (κ1) is 14.2. The van der Waals surface area contributed by atoms with Crippen LogP contribution in [-0.4, -0.2) is 34.0 Å². The van der Waals surface area contributed by atoms with E-state index in [4.69, 9.17) is 0 Å². The van der Waals surface area contributed by atoms with Crippen LogP contribution in [0.15, 0.2) is 18.3 Å². The summed E-state index contributed by atoms with van der Waals surface area (Å²) in [5.74, 6) is -0.0229. The number of nitriles is 1. The molecule has 2 aliphatic rings. The fourth-order valence-electron chi connectivity index (χ4n) is 3.58. The van der Waals surface area contributed by atoms with Gasteiger partial charge in [-0.25, -0.2) is 0 Å². The fourth-order valence-corrected chi connectivity index (χ4v) is 3.58. The van der Waals surface area contributed by atoms with Gasteiger partial charge in [0.2, 0.25) is 5.91 Å². The molecule has 0 bridgehead atoms. The van der Waals surface area contributed by atoms with Gasteiger partial charge in [-0.1, -0.05) is 0 Å². The van der Waals surface area contributed by atoms with Gasteiger partial charge in [0.15, 0.2) is 0 Å². The molecule has 112 valence electrons. The Hall–Kier alpha value is -1.80. The number of carbonyl (C=O) groups is 1. The molecule has 5 nitrogen and oxygen atoms in total. The highest BCUT2D eigenvalue weighted by molar-refractivity contribution is 5.79. The van der Waals surface area contributed by atoms with Gasteiger partial charge in [0.05, 0.1) is 12.6 Å². The van der Waals surface area contributed by atoms with Gasteiger partial charge in [0.25, 0.3) is 0 Å². The first-order chi connectivity index (χ1) is 10.1. The van der Waals surface area contributed by atoms with Crippen molar-refractivity contribution in [3.05, 3.63) is 24.0 Å². The number of fused-ring (bicyclic) bond motifs is 1. The highest BCUT2D eigenvalue weighted by atomic mass is 16.2. The third-order valence-electron chi connectivity index (χ3n) is 4.87. The number of nitrogens with zero attached hydrogens (tertiary/aromatic N) is 3. The second-order valence-corrected chi connectivity index (χ2v) is 6.22. The summed E-state index contributed by atoms with van der Waals surface area (Å²) in [7, 11) is 0. The molecule has 0 unspecified atom stereocenters. The molecule has 1 amide bonds. The Labute approximate surface area is 125 Å². The van der Waals surface area contributed by atoms with Crippen LogP contribution in [0.4, 0.5) is 0 Å². The Balaban J connectivity index is 1.62. The van der Waals surface area contributed by atoms with Crippen molar-refractivity contribution < 1.29 is 4.79 Å². The molecule has 1 N–H and O–H groups in total. The van der Waals surface area contributed by atoms with Gasteiger partial charge in [-0.2, -0.15) is 5.26 Å². The summed E-state index contributed by atoms with van der Waals surface area (Å²) in [6, 6.07) is 6.72. The summed E-state index contributed by atoms with van der Waals surface area (Å²) in [6.07, 6.45) is 5.72. The molecule has 1 atom stereocenters. The van der Waals surface area contributed by atoms with E-state index in [0.717, 1.165) is 38.8 Å². The van der Waals surface area contributed by atoms with Gasteiger partial charge in [-0.3, -0.25) is 9.69 Å². The first-order valence-electron chi connectivity index (χ1n) is 7.75. The van der Waals surface area contributed by atoms with Crippen LogP contribution in [0.1, 0.15) is 44.3 Å². The third kappa shape index (κ3) is 2.68. The van der Waals surface area contributed by atoms with Crippen molar-refractivity contribution in [1.82, 2.24) is 14.8 Å². The molecule has 1 fully saturated rings. The monoisotopic (exact) mass is 286 g/mol. The average Bonchev–Trinajstić information content (AvgIpc) is 3.11. The second kappa shape index (κ2) is 5.53. The summed E-state index contributed by atoms with van der Waals surface area (Å²) >= 11 is 0. The van der Waals surface area contributed by atoms with Gasteiger partial charge >= 0.3 is 0 Å². The molecule has 2 heterocycles. The number of amides is 1. The van der Waals surface area contributed by atoms with Crippen LogP contribution in [0.2, 0.25) is 0 Å². The first-order valence-corrected chi connectivity index (χ1v) is 7.75. The van der Waals surface area contributed by atoms with E-state index in [2.05, 4.69) is 46.1 Å². The normalized spacial score (nSPS) is 24.3. The van der Waals surface area contributed by atoms with Gasteiger partial charge < -0.3 is 9.88 Å². The topological polar surface area (TPSA) is 61.1 Å². The molecule has 0 saturated heterocycles. The zero-order valence-electron chi connectivity index (χ0n) is 12.5. The predicted molar refractivity (Wildman–Crippen MR) is 79.4 cm³/mol. The SMILES string of the molecule is C[C@@H]1c2cccn2CCN1CC(=O)NC1(C#N)CCCC1. The van der Waals surface area contributed by atoms with Crippen molar-refractivity contribution in [2.75, 3.05) is 13.1 Å². The van der Waals surface area contributed by atoms with Crippen LogP contribution in [0.3, 0.4) is 0 Å². The summed E-state index contributed by atoms with van der Waals surface area (Å²) in [4.78, 5) is 14.5. The summed E-state index contributed by atoms with van der Waals surface area (Å²) < 4.78 is 2.24. The Morgan fingerprint density at radius 2 is 2.24 bits per heavy atom. The molecule has 1 aromatic heterocycles. The van der Waals surface area contributed by atoms with E-state index < -0.39 is 5.54 Å². The molecule has 3 rings (SSSR count). The quantitative estimate of drug-likeness (QED) is 0.922. The minimum Gasteiger partial charge on any atom is -0.349 e. The molecule has 0 spiro atoms. The fraction of sp³-hybridized carbons (Fsp3) is 0.625. The molecular formula is C16H22N4O. The molecule has 1 saturated carbocycles. The molecule has 5 heteroatoms. The van der Waals surface area contributed by atoms with Crippen molar-refractivity contribution in [3.8, 4) is 6.07 Å².